The van der Waals surface area contributed by atoms with E-state index in [1.165, 1.54) is 22.3 Å². The number of aromatic nitrogens is 5. The van der Waals surface area contributed by atoms with Crippen LogP contribution >= 0.6 is 0 Å². The lowest BCUT2D eigenvalue weighted by Gasteiger charge is -2.19. The van der Waals surface area contributed by atoms with E-state index >= 15 is 0 Å². The average Bonchev–Trinajstić information content (AvgIpc) is 3.71. The van der Waals surface area contributed by atoms with Gasteiger partial charge in [0.15, 0.2) is 17.5 Å². The molecule has 0 aliphatic carbocycles. The highest BCUT2D eigenvalue weighted by molar-refractivity contribution is 6.12. The van der Waals surface area contributed by atoms with E-state index in [9.17, 15) is 0 Å². The van der Waals surface area contributed by atoms with Crippen molar-refractivity contribution in [2.75, 3.05) is 0 Å². The molecule has 6 heteroatoms. The fourth-order valence-corrected chi connectivity index (χ4v) is 8.15. The molecular formula is C50H36N6. The minimum atomic E-state index is 0.521. The van der Waals surface area contributed by atoms with Crippen molar-refractivity contribution in [2.45, 2.75) is 27.7 Å². The fourth-order valence-electron chi connectivity index (χ4n) is 8.15. The third kappa shape index (κ3) is 5.36. The highest BCUT2D eigenvalue weighted by atomic mass is 15.1. The van der Waals surface area contributed by atoms with Crippen LogP contribution in [0.5, 0.6) is 0 Å². The summed E-state index contributed by atoms with van der Waals surface area (Å²) < 4.78 is 4.52. The van der Waals surface area contributed by atoms with Gasteiger partial charge in [0.2, 0.25) is 5.69 Å². The molecular weight excluding hydrogens is 685 g/mol. The van der Waals surface area contributed by atoms with Crippen LogP contribution in [0, 0.1) is 34.3 Å². The molecule has 10 aromatic rings. The lowest BCUT2D eigenvalue weighted by Crippen LogP contribution is -2.05. The maximum absolute atomic E-state index is 8.70. The van der Waals surface area contributed by atoms with E-state index in [0.717, 1.165) is 71.7 Å². The van der Waals surface area contributed by atoms with Crippen LogP contribution in [0.15, 0.2) is 146 Å². The Labute approximate surface area is 324 Å². The van der Waals surface area contributed by atoms with Gasteiger partial charge in [0.25, 0.3) is 0 Å². The first kappa shape index (κ1) is 33.2. The second-order valence-electron chi connectivity index (χ2n) is 14.8. The standard InChI is InChI=1S/C50H36N6/c1-30-16-20-42-36(24-30)37-25-31(2)17-21-43(37)55(42)46-29-41(51-5)47(56-44-22-18-32(3)26-38(44)39-27-33(4)19-23-45(39)56)28-40(46)50-53-48(34-12-8-6-9-13-34)52-49(54-50)35-14-10-7-11-15-35/h6-29H,1-4H3. The summed E-state index contributed by atoms with van der Waals surface area (Å²) in [5.41, 5.74) is 13.6. The van der Waals surface area contributed by atoms with E-state index in [2.05, 4.69) is 121 Å². The van der Waals surface area contributed by atoms with Crippen molar-refractivity contribution in [1.82, 2.24) is 24.1 Å². The summed E-state index contributed by atoms with van der Waals surface area (Å²) in [5.74, 6) is 1.67. The van der Waals surface area contributed by atoms with Gasteiger partial charge in [-0.2, -0.15) is 0 Å². The second kappa shape index (κ2) is 12.9. The number of hydrogen-bond donors (Lipinski definition) is 0. The number of fused-ring (bicyclic) bond motifs is 6. The van der Waals surface area contributed by atoms with Gasteiger partial charge in [0.05, 0.1) is 34.3 Å². The van der Waals surface area contributed by atoms with E-state index in [1.807, 2.05) is 66.7 Å². The van der Waals surface area contributed by atoms with Gasteiger partial charge in [0.1, 0.15) is 0 Å². The molecule has 10 rings (SSSR count). The van der Waals surface area contributed by atoms with Gasteiger partial charge in [-0.05, 0) is 88.4 Å². The molecule has 0 amide bonds. The quantitative estimate of drug-likeness (QED) is 0.166. The molecule has 0 bridgehead atoms. The maximum Gasteiger partial charge on any atom is 0.212 e. The van der Waals surface area contributed by atoms with Gasteiger partial charge in [-0.25, -0.2) is 19.8 Å². The van der Waals surface area contributed by atoms with Crippen LogP contribution in [0.25, 0.3) is 94.0 Å². The van der Waals surface area contributed by atoms with Crippen molar-refractivity contribution in [3.8, 4) is 45.5 Å². The van der Waals surface area contributed by atoms with E-state index in [0.29, 0.717) is 23.2 Å². The van der Waals surface area contributed by atoms with Crippen molar-refractivity contribution >= 4 is 49.3 Å². The average molecular weight is 721 g/mol. The van der Waals surface area contributed by atoms with Gasteiger partial charge in [-0.3, -0.25) is 0 Å². The molecule has 266 valence electrons. The van der Waals surface area contributed by atoms with E-state index in [4.69, 9.17) is 21.5 Å². The van der Waals surface area contributed by atoms with Crippen LogP contribution in [0.4, 0.5) is 5.69 Å². The third-order valence-electron chi connectivity index (χ3n) is 10.8. The lowest BCUT2D eigenvalue weighted by atomic mass is 10.1. The Bertz CT molecular complexity index is 3060. The first-order chi connectivity index (χ1) is 27.3. The Kier molecular flexibility index (Phi) is 7.65. The number of nitrogens with zero attached hydrogens (tertiary/aromatic N) is 6. The van der Waals surface area contributed by atoms with Crippen LogP contribution in [-0.4, -0.2) is 24.1 Å². The van der Waals surface area contributed by atoms with Gasteiger partial charge < -0.3 is 9.13 Å². The summed E-state index contributed by atoms with van der Waals surface area (Å²) >= 11 is 0. The number of benzene rings is 7. The minimum absolute atomic E-state index is 0.521. The van der Waals surface area contributed by atoms with Gasteiger partial charge >= 0.3 is 0 Å². The van der Waals surface area contributed by atoms with Crippen LogP contribution < -0.4 is 0 Å². The third-order valence-corrected chi connectivity index (χ3v) is 10.8. The summed E-state index contributed by atoms with van der Waals surface area (Å²) in [6, 6.07) is 50.6. The molecule has 0 aliphatic rings. The Morgan fingerprint density at radius 2 is 0.786 bits per heavy atom. The van der Waals surface area contributed by atoms with Crippen LogP contribution in [0.1, 0.15) is 22.3 Å². The normalized spacial score (nSPS) is 11.6. The van der Waals surface area contributed by atoms with E-state index < -0.39 is 0 Å². The van der Waals surface area contributed by atoms with Crippen molar-refractivity contribution in [1.29, 1.82) is 0 Å². The van der Waals surface area contributed by atoms with Gasteiger partial charge in [0, 0.05) is 43.9 Å². The summed E-state index contributed by atoms with van der Waals surface area (Å²) in [5, 5.41) is 4.61. The molecule has 6 nitrogen and oxygen atoms in total. The minimum Gasteiger partial charge on any atom is -0.319 e. The molecule has 0 radical (unpaired) electrons. The molecule has 0 aliphatic heterocycles. The number of hydrogen-bond acceptors (Lipinski definition) is 3. The molecule has 0 saturated heterocycles. The topological polar surface area (TPSA) is 52.9 Å². The Morgan fingerprint density at radius 1 is 0.411 bits per heavy atom. The zero-order valence-electron chi connectivity index (χ0n) is 31.5. The molecule has 0 fully saturated rings. The van der Waals surface area contributed by atoms with Gasteiger partial charge in [-0.1, -0.05) is 107 Å². The Morgan fingerprint density at radius 3 is 1.18 bits per heavy atom. The molecule has 0 atom stereocenters. The van der Waals surface area contributed by atoms with Crippen molar-refractivity contribution in [3.63, 3.8) is 0 Å². The summed E-state index contributed by atoms with van der Waals surface area (Å²) in [4.78, 5) is 19.8. The number of rotatable bonds is 5. The second-order valence-corrected chi connectivity index (χ2v) is 14.8. The molecule has 7 aromatic carbocycles. The smallest absolute Gasteiger partial charge is 0.212 e. The summed E-state index contributed by atoms with van der Waals surface area (Å²) in [7, 11) is 0. The predicted octanol–water partition coefficient (Wildman–Crippen LogP) is 12.9. The lowest BCUT2D eigenvalue weighted by molar-refractivity contribution is 1.06. The molecule has 3 heterocycles. The van der Waals surface area contributed by atoms with E-state index in [-0.39, 0.29) is 0 Å². The first-order valence-corrected chi connectivity index (χ1v) is 18.8. The summed E-state index contributed by atoms with van der Waals surface area (Å²) in [6.45, 7) is 17.2. The van der Waals surface area contributed by atoms with Gasteiger partial charge in [-0.15, -0.1) is 0 Å². The van der Waals surface area contributed by atoms with E-state index in [1.54, 1.807) is 0 Å². The zero-order valence-corrected chi connectivity index (χ0v) is 31.5. The maximum atomic E-state index is 8.70. The van der Waals surface area contributed by atoms with Crippen LogP contribution in [-0.2, 0) is 0 Å². The highest BCUT2D eigenvalue weighted by Gasteiger charge is 2.24. The SMILES string of the molecule is [C-]#[N+]c1cc(-n2c3ccc(C)cc3c3cc(C)ccc32)c(-c2nc(-c3ccccc3)nc(-c3ccccc3)n2)cc1-n1c2ccc(C)cc2c2cc(C)ccc21. The summed E-state index contributed by atoms with van der Waals surface area (Å²) in [6.07, 6.45) is 0. The van der Waals surface area contributed by atoms with Crippen molar-refractivity contribution in [2.24, 2.45) is 0 Å². The fraction of sp³-hybridized carbons (Fsp3) is 0.0800. The molecule has 0 spiro atoms. The van der Waals surface area contributed by atoms with Crippen LogP contribution in [0.3, 0.4) is 0 Å². The molecule has 3 aromatic heterocycles. The highest BCUT2D eigenvalue weighted by Crippen LogP contribution is 2.43. The van der Waals surface area contributed by atoms with Crippen LogP contribution in [0.2, 0.25) is 0 Å². The Hall–Kier alpha value is -7.36. The molecule has 56 heavy (non-hydrogen) atoms. The first-order valence-electron chi connectivity index (χ1n) is 18.8. The molecule has 0 saturated carbocycles. The predicted molar refractivity (Wildman–Crippen MR) is 230 cm³/mol. The van der Waals surface area contributed by atoms with Crippen molar-refractivity contribution < 1.29 is 0 Å². The zero-order chi connectivity index (χ0) is 38.1. The molecule has 0 unspecified atom stereocenters. The monoisotopic (exact) mass is 720 g/mol. The molecule has 0 N–H and O–H groups in total. The number of aryl methyl sites for hydroxylation is 4. The largest absolute Gasteiger partial charge is 0.319 e. The Balaban J connectivity index is 1.37. The van der Waals surface area contributed by atoms with Crippen molar-refractivity contribution in [3.05, 3.63) is 179 Å².